The highest BCUT2D eigenvalue weighted by Crippen LogP contribution is 2.23. The summed E-state index contributed by atoms with van der Waals surface area (Å²) < 4.78 is 4.08. The number of aromatic nitrogens is 1. The molecule has 0 saturated carbocycles. The van der Waals surface area contributed by atoms with E-state index in [1.807, 2.05) is 6.20 Å². The van der Waals surface area contributed by atoms with E-state index in [1.165, 1.54) is 4.88 Å². The van der Waals surface area contributed by atoms with Crippen LogP contribution in [0.4, 0.5) is 0 Å². The summed E-state index contributed by atoms with van der Waals surface area (Å²) in [4.78, 5) is 3.73. The maximum Gasteiger partial charge on any atom is 0.0501 e. The minimum absolute atomic E-state index is 0.327. The fraction of sp³-hybridized carbons (Fsp3) is 0.667. The second-order valence-electron chi connectivity index (χ2n) is 3.67. The van der Waals surface area contributed by atoms with Crippen LogP contribution >= 0.6 is 23.1 Å². The van der Waals surface area contributed by atoms with Crippen LogP contribution in [0, 0.1) is 5.92 Å². The fourth-order valence-corrected chi connectivity index (χ4v) is 2.59. The number of hydrogen-bond acceptors (Lipinski definition) is 3. The van der Waals surface area contributed by atoms with Gasteiger partial charge in [-0.25, -0.2) is 4.37 Å². The molecule has 2 heterocycles. The highest BCUT2D eigenvalue weighted by molar-refractivity contribution is 7.05. The molecule has 1 aromatic heterocycles. The van der Waals surface area contributed by atoms with E-state index in [4.69, 9.17) is 11.6 Å². The van der Waals surface area contributed by atoms with E-state index in [0.717, 1.165) is 19.6 Å². The molecule has 13 heavy (non-hydrogen) atoms. The molecule has 0 spiro atoms. The number of halogens is 1. The molecule has 4 heteroatoms. The lowest BCUT2D eigenvalue weighted by atomic mass is 10.2. The highest BCUT2D eigenvalue weighted by atomic mass is 35.5. The third-order valence-corrected chi connectivity index (χ3v) is 3.76. The molecule has 72 valence electrons. The molecule has 2 unspecified atom stereocenters. The van der Waals surface area contributed by atoms with Crippen LogP contribution in [0.3, 0.4) is 0 Å². The second-order valence-corrected chi connectivity index (χ2v) is 5.14. The van der Waals surface area contributed by atoms with E-state index < -0.39 is 0 Å². The zero-order valence-electron chi connectivity index (χ0n) is 7.61. The lowest BCUT2D eigenvalue weighted by Gasteiger charge is -2.12. The molecule has 1 aliphatic rings. The van der Waals surface area contributed by atoms with Crippen molar-refractivity contribution < 1.29 is 0 Å². The van der Waals surface area contributed by atoms with E-state index >= 15 is 0 Å². The van der Waals surface area contributed by atoms with Crippen molar-refractivity contribution in [1.29, 1.82) is 0 Å². The molecule has 0 N–H and O–H groups in total. The summed E-state index contributed by atoms with van der Waals surface area (Å²) in [5, 5.41) is 0.327. The minimum atomic E-state index is 0.327. The standard InChI is InChI=1S/C9H13ClN2S/c1-7-4-12(6-9(7)10)5-8-2-3-11-13-8/h2-3,7,9H,4-6H2,1H3. The molecule has 2 rings (SSSR count). The van der Waals surface area contributed by atoms with Crippen molar-refractivity contribution in [3.8, 4) is 0 Å². The Balaban J connectivity index is 1.91. The van der Waals surface area contributed by atoms with Crippen molar-refractivity contribution in [3.63, 3.8) is 0 Å². The molecule has 0 amide bonds. The van der Waals surface area contributed by atoms with Gasteiger partial charge in [-0.2, -0.15) is 0 Å². The molecular formula is C9H13ClN2S. The van der Waals surface area contributed by atoms with Gasteiger partial charge in [0.15, 0.2) is 0 Å². The Morgan fingerprint density at radius 2 is 2.54 bits per heavy atom. The minimum Gasteiger partial charge on any atom is -0.296 e. The van der Waals surface area contributed by atoms with Crippen LogP contribution in [0.25, 0.3) is 0 Å². The van der Waals surface area contributed by atoms with Gasteiger partial charge in [0.1, 0.15) is 0 Å². The summed E-state index contributed by atoms with van der Waals surface area (Å²) >= 11 is 7.72. The largest absolute Gasteiger partial charge is 0.296 e. The Morgan fingerprint density at radius 3 is 3.08 bits per heavy atom. The summed E-state index contributed by atoms with van der Waals surface area (Å²) in [6.07, 6.45) is 1.86. The molecule has 1 fully saturated rings. The van der Waals surface area contributed by atoms with Gasteiger partial charge in [0.05, 0.1) is 5.38 Å². The van der Waals surface area contributed by atoms with Gasteiger partial charge in [0, 0.05) is 30.7 Å². The predicted octanol–water partition coefficient (Wildman–Crippen LogP) is 2.20. The van der Waals surface area contributed by atoms with Gasteiger partial charge < -0.3 is 0 Å². The quantitative estimate of drug-likeness (QED) is 0.705. The normalized spacial score (nSPS) is 29.7. The van der Waals surface area contributed by atoms with Gasteiger partial charge in [-0.1, -0.05) is 6.92 Å². The molecule has 0 bridgehead atoms. The summed E-state index contributed by atoms with van der Waals surface area (Å²) in [7, 11) is 0. The smallest absolute Gasteiger partial charge is 0.0501 e. The van der Waals surface area contributed by atoms with Crippen molar-refractivity contribution in [3.05, 3.63) is 17.1 Å². The Bertz CT molecular complexity index is 253. The van der Waals surface area contributed by atoms with E-state index in [2.05, 4.69) is 22.3 Å². The number of rotatable bonds is 2. The third kappa shape index (κ3) is 2.22. The van der Waals surface area contributed by atoms with E-state index in [-0.39, 0.29) is 0 Å². The van der Waals surface area contributed by atoms with Crippen LogP contribution in [-0.4, -0.2) is 27.7 Å². The van der Waals surface area contributed by atoms with Gasteiger partial charge in [-0.3, -0.25) is 4.90 Å². The molecule has 0 radical (unpaired) electrons. The van der Waals surface area contributed by atoms with Crippen LogP contribution in [0.2, 0.25) is 0 Å². The van der Waals surface area contributed by atoms with Crippen LogP contribution in [0.1, 0.15) is 11.8 Å². The SMILES string of the molecule is CC1CN(Cc2ccns2)CC1Cl. The summed E-state index contributed by atoms with van der Waals surface area (Å²) in [6.45, 7) is 5.36. The van der Waals surface area contributed by atoms with E-state index in [9.17, 15) is 0 Å². The van der Waals surface area contributed by atoms with E-state index in [0.29, 0.717) is 11.3 Å². The van der Waals surface area contributed by atoms with Crippen LogP contribution < -0.4 is 0 Å². The Hall–Kier alpha value is -0.120. The number of likely N-dealkylation sites (tertiary alicyclic amines) is 1. The van der Waals surface area contributed by atoms with Gasteiger partial charge in [-0.15, -0.1) is 11.6 Å². The maximum absolute atomic E-state index is 6.14. The van der Waals surface area contributed by atoms with Crippen molar-refractivity contribution >= 4 is 23.1 Å². The van der Waals surface area contributed by atoms with E-state index in [1.54, 1.807) is 11.5 Å². The van der Waals surface area contributed by atoms with Crippen molar-refractivity contribution in [2.75, 3.05) is 13.1 Å². The first-order valence-corrected chi connectivity index (χ1v) is 5.72. The van der Waals surface area contributed by atoms with Crippen LogP contribution in [0.5, 0.6) is 0 Å². The zero-order chi connectivity index (χ0) is 9.26. The van der Waals surface area contributed by atoms with Crippen molar-refractivity contribution in [2.24, 2.45) is 5.92 Å². The maximum atomic E-state index is 6.14. The number of alkyl halides is 1. The summed E-state index contributed by atoms with van der Waals surface area (Å²) in [5.74, 6) is 0.620. The molecule has 1 aromatic rings. The van der Waals surface area contributed by atoms with Crippen LogP contribution in [0.15, 0.2) is 12.3 Å². The first-order valence-electron chi connectivity index (χ1n) is 4.51. The van der Waals surface area contributed by atoms with Gasteiger partial charge in [0.25, 0.3) is 0 Å². The molecule has 2 atom stereocenters. The molecule has 1 saturated heterocycles. The number of nitrogens with zero attached hydrogens (tertiary/aromatic N) is 2. The lowest BCUT2D eigenvalue weighted by molar-refractivity contribution is 0.323. The third-order valence-electron chi connectivity index (χ3n) is 2.47. The molecular weight excluding hydrogens is 204 g/mol. The van der Waals surface area contributed by atoms with Crippen molar-refractivity contribution in [2.45, 2.75) is 18.8 Å². The topological polar surface area (TPSA) is 16.1 Å². The first-order chi connectivity index (χ1) is 6.25. The lowest BCUT2D eigenvalue weighted by Crippen LogP contribution is -2.19. The van der Waals surface area contributed by atoms with Gasteiger partial charge >= 0.3 is 0 Å². The fourth-order valence-electron chi connectivity index (χ4n) is 1.70. The number of hydrogen-bond donors (Lipinski definition) is 0. The Kier molecular flexibility index (Phi) is 2.86. The van der Waals surface area contributed by atoms with Gasteiger partial charge in [0.2, 0.25) is 0 Å². The molecule has 0 aromatic carbocycles. The average Bonchev–Trinajstić information content (AvgIpc) is 2.64. The molecule has 2 nitrogen and oxygen atoms in total. The van der Waals surface area contributed by atoms with Crippen molar-refractivity contribution in [1.82, 2.24) is 9.27 Å². The molecule has 1 aliphatic heterocycles. The predicted molar refractivity (Wildman–Crippen MR) is 56.2 cm³/mol. The summed E-state index contributed by atoms with van der Waals surface area (Å²) in [6, 6.07) is 2.08. The monoisotopic (exact) mass is 216 g/mol. The van der Waals surface area contributed by atoms with Crippen LogP contribution in [-0.2, 0) is 6.54 Å². The average molecular weight is 217 g/mol. The second kappa shape index (κ2) is 3.95. The Labute approximate surface area is 87.7 Å². The zero-order valence-corrected chi connectivity index (χ0v) is 9.18. The first kappa shape index (κ1) is 9.44. The highest BCUT2D eigenvalue weighted by Gasteiger charge is 2.27. The summed E-state index contributed by atoms with van der Waals surface area (Å²) in [5.41, 5.74) is 0. The molecule has 0 aliphatic carbocycles. The Morgan fingerprint density at radius 1 is 1.69 bits per heavy atom. The van der Waals surface area contributed by atoms with Gasteiger partial charge in [-0.05, 0) is 23.5 Å².